The van der Waals surface area contributed by atoms with E-state index in [1.807, 2.05) is 61.5 Å². The molecule has 1 aliphatic rings. The molecule has 5 aromatic rings. The average Bonchev–Trinajstić information content (AvgIpc) is 3.52. The third kappa shape index (κ3) is 3.69. The van der Waals surface area contributed by atoms with Gasteiger partial charge in [-0.1, -0.05) is 64.9 Å². The Morgan fingerprint density at radius 2 is 1.74 bits per heavy atom. The fraction of sp³-hybridized carbons (Fsp3) is 0.120. The quantitative estimate of drug-likeness (QED) is 0.268. The zero-order valence-electron chi connectivity index (χ0n) is 18.1. The van der Waals surface area contributed by atoms with Gasteiger partial charge in [0.1, 0.15) is 0 Å². The number of aryl methyl sites for hydroxylation is 1. The van der Waals surface area contributed by atoms with Crippen molar-refractivity contribution in [2.45, 2.75) is 17.8 Å². The highest BCUT2D eigenvalue weighted by Gasteiger charge is 2.20. The Hall–Kier alpha value is -4.11. The molecule has 0 atom stereocenters. The Labute approximate surface area is 198 Å². The van der Waals surface area contributed by atoms with E-state index in [0.717, 1.165) is 16.8 Å². The van der Waals surface area contributed by atoms with Gasteiger partial charge in [0.15, 0.2) is 16.7 Å². The lowest BCUT2D eigenvalue weighted by atomic mass is 10.2. The molecule has 2 aromatic heterocycles. The maximum atomic E-state index is 13.6. The molecule has 0 spiro atoms. The lowest BCUT2D eigenvalue weighted by Gasteiger charge is -2.13. The SMILES string of the molecule is Cc1ccc(-n2c(SCc3nc(-c4ccccc4)no3)nc3cc4c(cc3c2=O)OCO4)cc1. The van der Waals surface area contributed by atoms with Crippen molar-refractivity contribution < 1.29 is 14.0 Å². The summed E-state index contributed by atoms with van der Waals surface area (Å²) >= 11 is 1.35. The van der Waals surface area contributed by atoms with Crippen molar-refractivity contribution in [1.29, 1.82) is 0 Å². The lowest BCUT2D eigenvalue weighted by Crippen LogP contribution is -2.21. The number of ether oxygens (including phenoxy) is 2. The van der Waals surface area contributed by atoms with Gasteiger partial charge in [-0.05, 0) is 25.1 Å². The van der Waals surface area contributed by atoms with Crippen LogP contribution in [0.3, 0.4) is 0 Å². The minimum atomic E-state index is -0.190. The molecule has 8 nitrogen and oxygen atoms in total. The highest BCUT2D eigenvalue weighted by Crippen LogP contribution is 2.35. The molecule has 1 aliphatic heterocycles. The van der Waals surface area contributed by atoms with Crippen molar-refractivity contribution in [2.75, 3.05) is 6.79 Å². The molecule has 3 heterocycles. The van der Waals surface area contributed by atoms with Crippen LogP contribution in [0.5, 0.6) is 11.5 Å². The molecule has 0 radical (unpaired) electrons. The lowest BCUT2D eigenvalue weighted by molar-refractivity contribution is 0.174. The van der Waals surface area contributed by atoms with E-state index in [2.05, 4.69) is 10.1 Å². The van der Waals surface area contributed by atoms with Gasteiger partial charge in [0.25, 0.3) is 5.56 Å². The molecule has 0 saturated heterocycles. The van der Waals surface area contributed by atoms with Crippen LogP contribution in [0.1, 0.15) is 11.5 Å². The second-order valence-electron chi connectivity index (χ2n) is 7.76. The summed E-state index contributed by atoms with van der Waals surface area (Å²) in [5, 5.41) is 5.05. The summed E-state index contributed by atoms with van der Waals surface area (Å²) in [5.74, 6) is 2.44. The van der Waals surface area contributed by atoms with Crippen LogP contribution >= 0.6 is 11.8 Å². The summed E-state index contributed by atoms with van der Waals surface area (Å²) in [6, 6.07) is 20.8. The van der Waals surface area contributed by atoms with Gasteiger partial charge in [-0.25, -0.2) is 4.98 Å². The van der Waals surface area contributed by atoms with Gasteiger partial charge in [0.05, 0.1) is 22.3 Å². The van der Waals surface area contributed by atoms with Gasteiger partial charge in [0, 0.05) is 11.6 Å². The monoisotopic (exact) mass is 470 g/mol. The zero-order valence-corrected chi connectivity index (χ0v) is 18.9. The summed E-state index contributed by atoms with van der Waals surface area (Å²) < 4.78 is 18.0. The molecule has 0 amide bonds. The van der Waals surface area contributed by atoms with Gasteiger partial charge in [-0.3, -0.25) is 9.36 Å². The first-order chi connectivity index (χ1) is 16.7. The number of nitrogens with zero attached hydrogens (tertiary/aromatic N) is 4. The van der Waals surface area contributed by atoms with Crippen LogP contribution in [0.2, 0.25) is 0 Å². The maximum Gasteiger partial charge on any atom is 0.266 e. The van der Waals surface area contributed by atoms with Gasteiger partial charge < -0.3 is 14.0 Å². The minimum Gasteiger partial charge on any atom is -0.454 e. The summed E-state index contributed by atoms with van der Waals surface area (Å²) in [7, 11) is 0. The molecule has 0 aliphatic carbocycles. The van der Waals surface area contributed by atoms with Crippen LogP contribution in [0.4, 0.5) is 0 Å². The van der Waals surface area contributed by atoms with Crippen LogP contribution in [0.25, 0.3) is 28.0 Å². The molecule has 6 rings (SSSR count). The topological polar surface area (TPSA) is 92.3 Å². The molecule has 34 heavy (non-hydrogen) atoms. The molecule has 3 aromatic carbocycles. The van der Waals surface area contributed by atoms with Gasteiger partial charge >= 0.3 is 0 Å². The molecule has 0 saturated carbocycles. The third-order valence-electron chi connectivity index (χ3n) is 5.45. The number of thioether (sulfide) groups is 1. The number of hydrogen-bond acceptors (Lipinski definition) is 8. The van der Waals surface area contributed by atoms with Crippen LogP contribution in [0, 0.1) is 6.92 Å². The first-order valence-electron chi connectivity index (χ1n) is 10.6. The number of hydrogen-bond donors (Lipinski definition) is 0. The van der Waals surface area contributed by atoms with E-state index in [9.17, 15) is 4.79 Å². The fourth-order valence-corrected chi connectivity index (χ4v) is 4.57. The van der Waals surface area contributed by atoms with E-state index in [1.165, 1.54) is 11.8 Å². The third-order valence-corrected chi connectivity index (χ3v) is 6.37. The molecular weight excluding hydrogens is 452 g/mol. The molecule has 0 bridgehead atoms. The first-order valence-corrected chi connectivity index (χ1v) is 11.6. The highest BCUT2D eigenvalue weighted by atomic mass is 32.2. The molecule has 9 heteroatoms. The van der Waals surface area contributed by atoms with Crippen molar-refractivity contribution >= 4 is 22.7 Å². The van der Waals surface area contributed by atoms with Crippen LogP contribution in [-0.4, -0.2) is 26.5 Å². The Balaban J connectivity index is 1.41. The van der Waals surface area contributed by atoms with Crippen LogP contribution < -0.4 is 15.0 Å². The minimum absolute atomic E-state index is 0.125. The van der Waals surface area contributed by atoms with E-state index in [4.69, 9.17) is 19.0 Å². The van der Waals surface area contributed by atoms with E-state index >= 15 is 0 Å². The summed E-state index contributed by atoms with van der Waals surface area (Å²) in [6.45, 7) is 2.13. The second kappa shape index (κ2) is 8.35. The Morgan fingerprint density at radius 3 is 2.53 bits per heavy atom. The normalized spacial score (nSPS) is 12.4. The predicted molar refractivity (Wildman–Crippen MR) is 127 cm³/mol. The van der Waals surface area contributed by atoms with Crippen molar-refractivity contribution in [2.24, 2.45) is 0 Å². The van der Waals surface area contributed by atoms with E-state index < -0.39 is 0 Å². The fourth-order valence-electron chi connectivity index (χ4n) is 3.72. The Bertz CT molecular complexity index is 1560. The molecular formula is C25H18N4O4S. The van der Waals surface area contributed by atoms with E-state index in [-0.39, 0.29) is 12.4 Å². The van der Waals surface area contributed by atoms with E-state index in [0.29, 0.717) is 45.0 Å². The number of aromatic nitrogens is 4. The van der Waals surface area contributed by atoms with Crippen LogP contribution in [-0.2, 0) is 5.75 Å². The average molecular weight is 471 g/mol. The van der Waals surface area contributed by atoms with E-state index in [1.54, 1.807) is 16.7 Å². The van der Waals surface area contributed by atoms with Crippen LogP contribution in [0.15, 0.2) is 81.2 Å². The standard InChI is InChI=1S/C25H18N4O4S/c1-15-7-9-17(10-8-15)29-24(30)18-11-20-21(32-14-31-20)12-19(18)26-25(29)34-13-22-27-23(28-33-22)16-5-3-2-4-6-16/h2-12H,13-14H2,1H3. The maximum absolute atomic E-state index is 13.6. The highest BCUT2D eigenvalue weighted by molar-refractivity contribution is 7.98. The van der Waals surface area contributed by atoms with Crippen molar-refractivity contribution in [1.82, 2.24) is 19.7 Å². The zero-order chi connectivity index (χ0) is 23.1. The summed E-state index contributed by atoms with van der Waals surface area (Å²) in [5.41, 5.74) is 3.04. The predicted octanol–water partition coefficient (Wildman–Crippen LogP) is 4.77. The molecule has 0 fully saturated rings. The molecule has 0 unspecified atom stereocenters. The van der Waals surface area contributed by atoms with Gasteiger partial charge in [-0.2, -0.15) is 4.98 Å². The Kier molecular flexibility index (Phi) is 5.03. The van der Waals surface area contributed by atoms with Gasteiger partial charge in [-0.15, -0.1) is 0 Å². The first kappa shape index (κ1) is 20.5. The molecule has 0 N–H and O–H groups in total. The summed E-state index contributed by atoms with van der Waals surface area (Å²) in [6.07, 6.45) is 0. The van der Waals surface area contributed by atoms with Crippen molar-refractivity contribution in [3.05, 3.63) is 88.5 Å². The van der Waals surface area contributed by atoms with Crippen molar-refractivity contribution in [3.63, 3.8) is 0 Å². The number of benzene rings is 3. The van der Waals surface area contributed by atoms with Gasteiger partial charge in [0.2, 0.25) is 18.5 Å². The van der Waals surface area contributed by atoms with Crippen molar-refractivity contribution in [3.8, 4) is 28.6 Å². The smallest absolute Gasteiger partial charge is 0.266 e. The number of fused-ring (bicyclic) bond motifs is 2. The summed E-state index contributed by atoms with van der Waals surface area (Å²) in [4.78, 5) is 22.9. The second-order valence-corrected chi connectivity index (χ2v) is 8.70. The Morgan fingerprint density at radius 1 is 0.971 bits per heavy atom. The number of rotatable bonds is 5. The molecule has 168 valence electrons. The largest absolute Gasteiger partial charge is 0.454 e.